The minimum absolute atomic E-state index is 0.0717. The van der Waals surface area contributed by atoms with E-state index < -0.39 is 0 Å². The van der Waals surface area contributed by atoms with Gasteiger partial charge in [-0.1, -0.05) is 11.6 Å². The number of hydrogen-bond donors (Lipinski definition) is 0. The largest absolute Gasteiger partial charge is 0.336 e. The molecule has 1 rings (SSSR count). The van der Waals surface area contributed by atoms with Crippen molar-refractivity contribution < 1.29 is 4.79 Å². The first-order valence-electron chi connectivity index (χ1n) is 5.54. The van der Waals surface area contributed by atoms with Gasteiger partial charge in [-0.15, -0.1) is 11.6 Å². The highest BCUT2D eigenvalue weighted by atomic mass is 35.5. The molecule has 94 valence electrons. The van der Waals surface area contributed by atoms with Crippen LogP contribution in [0.3, 0.4) is 0 Å². The Morgan fingerprint density at radius 3 is 2.76 bits per heavy atom. The molecule has 0 saturated heterocycles. The molecule has 1 heterocycles. The van der Waals surface area contributed by atoms with E-state index in [2.05, 4.69) is 4.98 Å². The smallest absolute Gasteiger partial charge is 0.255 e. The fourth-order valence-corrected chi connectivity index (χ4v) is 1.85. The molecular formula is C12H16Cl2N2O. The van der Waals surface area contributed by atoms with Crippen LogP contribution in [0.5, 0.6) is 0 Å². The zero-order valence-corrected chi connectivity index (χ0v) is 11.5. The third-order valence-corrected chi connectivity index (χ3v) is 2.99. The van der Waals surface area contributed by atoms with Gasteiger partial charge < -0.3 is 4.90 Å². The van der Waals surface area contributed by atoms with E-state index >= 15 is 0 Å². The quantitative estimate of drug-likeness (QED) is 0.773. The Labute approximate surface area is 112 Å². The Morgan fingerprint density at radius 1 is 1.53 bits per heavy atom. The van der Waals surface area contributed by atoms with Gasteiger partial charge in [0.05, 0.1) is 10.6 Å². The lowest BCUT2D eigenvalue weighted by molar-refractivity contribution is 0.0706. The Hall–Kier alpha value is -0.800. The summed E-state index contributed by atoms with van der Waals surface area (Å²) in [7, 11) is 0. The minimum atomic E-state index is -0.0717. The molecule has 0 radical (unpaired) electrons. The summed E-state index contributed by atoms with van der Waals surface area (Å²) < 4.78 is 0. The van der Waals surface area contributed by atoms with Crippen molar-refractivity contribution in [1.29, 1.82) is 0 Å². The molecular weight excluding hydrogens is 259 g/mol. The van der Waals surface area contributed by atoms with Crippen LogP contribution in [0.2, 0.25) is 5.02 Å². The van der Waals surface area contributed by atoms with Crippen molar-refractivity contribution in [2.24, 2.45) is 0 Å². The molecule has 0 spiro atoms. The highest BCUT2D eigenvalue weighted by Gasteiger charge is 2.20. The number of hydrogen-bond acceptors (Lipinski definition) is 2. The Kier molecular flexibility index (Phi) is 5.72. The Balaban J connectivity index is 2.88. The molecule has 1 aromatic rings. The topological polar surface area (TPSA) is 33.2 Å². The van der Waals surface area contributed by atoms with E-state index in [0.717, 1.165) is 6.42 Å². The SMILES string of the molecule is CC(C)N(CCCCl)C(=O)c1ccncc1Cl. The predicted octanol–water partition coefficient (Wildman–Crippen LogP) is 3.21. The minimum Gasteiger partial charge on any atom is -0.336 e. The van der Waals surface area contributed by atoms with Crippen molar-refractivity contribution in [3.05, 3.63) is 29.0 Å². The third kappa shape index (κ3) is 3.86. The van der Waals surface area contributed by atoms with Crippen molar-refractivity contribution in [1.82, 2.24) is 9.88 Å². The number of carbonyl (C=O) groups excluding carboxylic acids is 1. The van der Waals surface area contributed by atoms with E-state index in [1.165, 1.54) is 6.20 Å². The molecule has 17 heavy (non-hydrogen) atoms. The molecule has 0 aromatic carbocycles. The molecule has 0 aliphatic carbocycles. The van der Waals surface area contributed by atoms with Crippen LogP contribution in [0.25, 0.3) is 0 Å². The van der Waals surface area contributed by atoms with Gasteiger partial charge in [0.25, 0.3) is 5.91 Å². The van der Waals surface area contributed by atoms with E-state index in [4.69, 9.17) is 23.2 Å². The average Bonchev–Trinajstić information content (AvgIpc) is 2.29. The van der Waals surface area contributed by atoms with Crippen LogP contribution >= 0.6 is 23.2 Å². The van der Waals surface area contributed by atoms with Crippen molar-refractivity contribution in [3.63, 3.8) is 0 Å². The van der Waals surface area contributed by atoms with Gasteiger partial charge in [0, 0.05) is 30.9 Å². The number of rotatable bonds is 5. The predicted molar refractivity (Wildman–Crippen MR) is 70.8 cm³/mol. The van der Waals surface area contributed by atoms with Crippen molar-refractivity contribution >= 4 is 29.1 Å². The standard InChI is InChI=1S/C12H16Cl2N2O/c1-9(2)16(7-3-5-13)12(17)10-4-6-15-8-11(10)14/h4,6,8-9H,3,5,7H2,1-2H3. The number of halogens is 2. The van der Waals surface area contributed by atoms with E-state index in [9.17, 15) is 4.79 Å². The highest BCUT2D eigenvalue weighted by Crippen LogP contribution is 2.17. The summed E-state index contributed by atoms with van der Waals surface area (Å²) in [6.45, 7) is 4.58. The number of nitrogens with zero attached hydrogens (tertiary/aromatic N) is 2. The lowest BCUT2D eigenvalue weighted by Gasteiger charge is -2.26. The number of pyridine rings is 1. The van der Waals surface area contributed by atoms with Crippen LogP contribution in [-0.4, -0.2) is 34.3 Å². The van der Waals surface area contributed by atoms with E-state index in [1.807, 2.05) is 13.8 Å². The van der Waals surface area contributed by atoms with Crippen molar-refractivity contribution in [3.8, 4) is 0 Å². The molecule has 3 nitrogen and oxygen atoms in total. The fourth-order valence-electron chi connectivity index (χ4n) is 1.53. The normalized spacial score (nSPS) is 10.6. The summed E-state index contributed by atoms with van der Waals surface area (Å²) >= 11 is 11.6. The van der Waals surface area contributed by atoms with Crippen LogP contribution < -0.4 is 0 Å². The van der Waals surface area contributed by atoms with Gasteiger partial charge in [0.2, 0.25) is 0 Å². The van der Waals surface area contributed by atoms with Crippen molar-refractivity contribution in [2.75, 3.05) is 12.4 Å². The summed E-state index contributed by atoms with van der Waals surface area (Å²) in [6.07, 6.45) is 3.82. The zero-order chi connectivity index (χ0) is 12.8. The third-order valence-electron chi connectivity index (χ3n) is 2.42. The summed E-state index contributed by atoms with van der Waals surface area (Å²) in [5.41, 5.74) is 0.491. The van der Waals surface area contributed by atoms with Gasteiger partial charge in [-0.25, -0.2) is 0 Å². The number of carbonyl (C=O) groups is 1. The van der Waals surface area contributed by atoms with Crippen LogP contribution in [0.1, 0.15) is 30.6 Å². The molecule has 0 fully saturated rings. The molecule has 1 aromatic heterocycles. The van der Waals surface area contributed by atoms with Crippen LogP contribution in [0, 0.1) is 0 Å². The number of alkyl halides is 1. The zero-order valence-electron chi connectivity index (χ0n) is 9.99. The lowest BCUT2D eigenvalue weighted by atomic mass is 10.2. The van der Waals surface area contributed by atoms with Gasteiger partial charge in [-0.3, -0.25) is 9.78 Å². The second kappa shape index (κ2) is 6.82. The molecule has 1 amide bonds. The maximum absolute atomic E-state index is 12.3. The fraction of sp³-hybridized carbons (Fsp3) is 0.500. The molecule has 0 aliphatic heterocycles. The van der Waals surface area contributed by atoms with Crippen LogP contribution in [-0.2, 0) is 0 Å². The van der Waals surface area contributed by atoms with Crippen LogP contribution in [0.15, 0.2) is 18.5 Å². The van der Waals surface area contributed by atoms with Gasteiger partial charge in [0.15, 0.2) is 0 Å². The summed E-state index contributed by atoms with van der Waals surface area (Å²) in [5.74, 6) is 0.470. The van der Waals surface area contributed by atoms with Gasteiger partial charge in [0.1, 0.15) is 0 Å². The van der Waals surface area contributed by atoms with Gasteiger partial charge in [-0.2, -0.15) is 0 Å². The lowest BCUT2D eigenvalue weighted by Crippen LogP contribution is -2.38. The Morgan fingerprint density at radius 2 is 2.24 bits per heavy atom. The highest BCUT2D eigenvalue weighted by molar-refractivity contribution is 6.33. The maximum Gasteiger partial charge on any atom is 0.255 e. The first-order valence-corrected chi connectivity index (χ1v) is 6.45. The van der Waals surface area contributed by atoms with Gasteiger partial charge in [-0.05, 0) is 26.3 Å². The van der Waals surface area contributed by atoms with Crippen LogP contribution in [0.4, 0.5) is 0 Å². The Bertz CT molecular complexity index is 383. The summed E-state index contributed by atoms with van der Waals surface area (Å²) in [5, 5.41) is 0.383. The second-order valence-electron chi connectivity index (χ2n) is 3.99. The second-order valence-corrected chi connectivity index (χ2v) is 4.78. The summed E-state index contributed by atoms with van der Waals surface area (Å²) in [6, 6.07) is 1.76. The molecule has 0 aliphatic rings. The molecule has 5 heteroatoms. The first kappa shape index (κ1) is 14.3. The molecule has 0 atom stereocenters. The van der Waals surface area contributed by atoms with Crippen molar-refractivity contribution in [2.45, 2.75) is 26.3 Å². The first-order chi connectivity index (χ1) is 8.07. The average molecular weight is 275 g/mol. The summed E-state index contributed by atoms with van der Waals surface area (Å²) in [4.78, 5) is 17.9. The molecule has 0 N–H and O–H groups in total. The van der Waals surface area contributed by atoms with E-state index in [-0.39, 0.29) is 11.9 Å². The van der Waals surface area contributed by atoms with E-state index in [1.54, 1.807) is 17.2 Å². The maximum atomic E-state index is 12.3. The number of aromatic nitrogens is 1. The molecule has 0 unspecified atom stereocenters. The molecule has 0 bridgehead atoms. The number of amides is 1. The monoisotopic (exact) mass is 274 g/mol. The molecule has 0 saturated carbocycles. The van der Waals surface area contributed by atoms with Gasteiger partial charge >= 0.3 is 0 Å². The van der Waals surface area contributed by atoms with E-state index in [0.29, 0.717) is 23.0 Å².